The van der Waals surface area contributed by atoms with Gasteiger partial charge in [-0.15, -0.1) is 21.5 Å². The average Bonchev–Trinajstić information content (AvgIpc) is 3.32. The summed E-state index contributed by atoms with van der Waals surface area (Å²) in [5.74, 6) is 0.906. The highest BCUT2D eigenvalue weighted by atomic mass is 32.2. The van der Waals surface area contributed by atoms with Gasteiger partial charge in [-0.2, -0.15) is 0 Å². The first kappa shape index (κ1) is 21.1. The van der Waals surface area contributed by atoms with E-state index in [1.165, 1.54) is 23.1 Å². The van der Waals surface area contributed by atoms with Crippen molar-refractivity contribution in [2.45, 2.75) is 32.9 Å². The van der Waals surface area contributed by atoms with Crippen molar-refractivity contribution in [2.75, 3.05) is 17.7 Å². The number of aromatic nitrogens is 3. The molecule has 0 aromatic carbocycles. The number of ether oxygens (including phenoxy) is 1. The maximum Gasteiger partial charge on any atom is 0.341 e. The molecule has 0 unspecified atom stereocenters. The summed E-state index contributed by atoms with van der Waals surface area (Å²) in [4.78, 5) is 25.7. The number of thiophene rings is 1. The second-order valence-electron chi connectivity index (χ2n) is 6.30. The molecule has 8 nitrogen and oxygen atoms in total. The number of thioether (sulfide) groups is 1. The number of nitrogens with zero attached hydrogens (tertiary/aromatic N) is 3. The van der Waals surface area contributed by atoms with Gasteiger partial charge >= 0.3 is 5.97 Å². The van der Waals surface area contributed by atoms with Crippen molar-refractivity contribution in [3.8, 4) is 11.4 Å². The summed E-state index contributed by atoms with van der Waals surface area (Å²) in [6, 6.07) is 1.83. The van der Waals surface area contributed by atoms with Crippen molar-refractivity contribution < 1.29 is 18.7 Å². The summed E-state index contributed by atoms with van der Waals surface area (Å²) >= 11 is 2.64. The number of rotatable bonds is 7. The fourth-order valence-corrected chi connectivity index (χ4v) is 4.52. The van der Waals surface area contributed by atoms with Crippen LogP contribution >= 0.6 is 23.1 Å². The Labute approximate surface area is 176 Å². The molecule has 10 heteroatoms. The van der Waals surface area contributed by atoms with E-state index in [1.54, 1.807) is 13.2 Å². The van der Waals surface area contributed by atoms with E-state index in [9.17, 15) is 9.59 Å². The van der Waals surface area contributed by atoms with E-state index in [2.05, 4.69) is 15.5 Å². The van der Waals surface area contributed by atoms with Gasteiger partial charge in [-0.3, -0.25) is 4.79 Å². The van der Waals surface area contributed by atoms with E-state index in [-0.39, 0.29) is 18.3 Å². The van der Waals surface area contributed by atoms with E-state index in [0.717, 1.165) is 21.8 Å². The number of aryl methyl sites for hydroxylation is 2. The number of esters is 1. The van der Waals surface area contributed by atoms with E-state index in [4.69, 9.17) is 9.15 Å². The maximum absolute atomic E-state index is 12.5. The molecule has 0 bridgehead atoms. The van der Waals surface area contributed by atoms with Gasteiger partial charge in [0, 0.05) is 11.9 Å². The van der Waals surface area contributed by atoms with E-state index in [0.29, 0.717) is 21.5 Å². The van der Waals surface area contributed by atoms with Crippen molar-refractivity contribution in [2.24, 2.45) is 7.05 Å². The number of amides is 1. The molecule has 0 radical (unpaired) electrons. The minimum Gasteiger partial charge on any atom is -0.469 e. The van der Waals surface area contributed by atoms with Gasteiger partial charge in [0.1, 0.15) is 10.8 Å². The maximum atomic E-state index is 12.5. The van der Waals surface area contributed by atoms with Gasteiger partial charge in [-0.1, -0.05) is 11.8 Å². The normalized spacial score (nSPS) is 10.9. The van der Waals surface area contributed by atoms with Crippen LogP contribution in [0, 0.1) is 20.8 Å². The summed E-state index contributed by atoms with van der Waals surface area (Å²) in [7, 11) is 1.84. The van der Waals surface area contributed by atoms with Crippen LogP contribution in [0.5, 0.6) is 0 Å². The van der Waals surface area contributed by atoms with Gasteiger partial charge < -0.3 is 19.0 Å². The molecule has 3 rings (SSSR count). The first-order chi connectivity index (χ1) is 13.8. The monoisotopic (exact) mass is 434 g/mol. The standard InChI is InChI=1S/C19H22N4O4S2/c1-6-26-18(25)15-10(2)12(4)29-17(15)20-14(24)9-28-19-22-21-16(23(19)5)13-7-8-27-11(13)3/h7-8H,6,9H2,1-5H3,(H,20,24). The minimum atomic E-state index is -0.425. The number of carbonyl (C=O) groups excluding carboxylic acids is 2. The third kappa shape index (κ3) is 4.38. The van der Waals surface area contributed by atoms with Crippen molar-refractivity contribution >= 4 is 40.0 Å². The molecule has 0 atom stereocenters. The summed E-state index contributed by atoms with van der Waals surface area (Å²) in [6.45, 7) is 7.65. The lowest BCUT2D eigenvalue weighted by Crippen LogP contribution is -2.16. The highest BCUT2D eigenvalue weighted by Crippen LogP contribution is 2.33. The molecule has 3 heterocycles. The third-order valence-corrected chi connectivity index (χ3v) is 6.53. The Morgan fingerprint density at radius 1 is 1.31 bits per heavy atom. The summed E-state index contributed by atoms with van der Waals surface area (Å²) in [6.07, 6.45) is 1.60. The first-order valence-corrected chi connectivity index (χ1v) is 10.8. The molecule has 0 aliphatic heterocycles. The first-order valence-electron chi connectivity index (χ1n) is 8.97. The van der Waals surface area contributed by atoms with Crippen molar-refractivity contribution in [1.29, 1.82) is 0 Å². The molecule has 29 heavy (non-hydrogen) atoms. The highest BCUT2D eigenvalue weighted by molar-refractivity contribution is 7.99. The lowest BCUT2D eigenvalue weighted by molar-refractivity contribution is -0.113. The molecule has 3 aromatic heterocycles. The SMILES string of the molecule is CCOC(=O)c1c(NC(=O)CSc2nnc(-c3ccoc3C)n2C)sc(C)c1C. The van der Waals surface area contributed by atoms with Crippen LogP contribution < -0.4 is 5.32 Å². The minimum absolute atomic E-state index is 0.134. The molecule has 0 spiro atoms. The molecule has 0 saturated carbocycles. The largest absolute Gasteiger partial charge is 0.469 e. The zero-order valence-corrected chi connectivity index (χ0v) is 18.5. The predicted molar refractivity (Wildman–Crippen MR) is 113 cm³/mol. The Kier molecular flexibility index (Phi) is 6.43. The molecular weight excluding hydrogens is 412 g/mol. The zero-order chi connectivity index (χ0) is 21.1. The van der Waals surface area contributed by atoms with Crippen LogP contribution in [0.15, 0.2) is 21.9 Å². The smallest absolute Gasteiger partial charge is 0.341 e. The van der Waals surface area contributed by atoms with Gasteiger partial charge in [0.05, 0.1) is 29.7 Å². The number of hydrogen-bond donors (Lipinski definition) is 1. The fraction of sp³-hybridized carbons (Fsp3) is 0.368. The topological polar surface area (TPSA) is 99.2 Å². The number of hydrogen-bond acceptors (Lipinski definition) is 8. The number of nitrogens with one attached hydrogen (secondary N) is 1. The average molecular weight is 435 g/mol. The van der Waals surface area contributed by atoms with E-state index in [1.807, 2.05) is 38.5 Å². The van der Waals surface area contributed by atoms with Crippen LogP contribution in [-0.4, -0.2) is 39.0 Å². The van der Waals surface area contributed by atoms with E-state index >= 15 is 0 Å². The zero-order valence-electron chi connectivity index (χ0n) is 16.9. The summed E-state index contributed by atoms with van der Waals surface area (Å²) in [5, 5.41) is 12.3. The molecule has 0 aliphatic carbocycles. The van der Waals surface area contributed by atoms with Gasteiger partial charge in [0.2, 0.25) is 5.91 Å². The van der Waals surface area contributed by atoms with Crippen molar-refractivity contribution in [3.63, 3.8) is 0 Å². The highest BCUT2D eigenvalue weighted by Gasteiger charge is 2.22. The molecule has 0 fully saturated rings. The van der Waals surface area contributed by atoms with Gasteiger partial charge in [-0.05, 0) is 39.3 Å². The van der Waals surface area contributed by atoms with Gasteiger partial charge in [-0.25, -0.2) is 4.79 Å². The second-order valence-corrected chi connectivity index (χ2v) is 8.47. The van der Waals surface area contributed by atoms with Crippen LogP contribution in [0.25, 0.3) is 11.4 Å². The van der Waals surface area contributed by atoms with Crippen LogP contribution in [0.1, 0.15) is 33.5 Å². The van der Waals surface area contributed by atoms with Crippen molar-refractivity contribution in [3.05, 3.63) is 34.1 Å². The van der Waals surface area contributed by atoms with E-state index < -0.39 is 5.97 Å². The number of anilines is 1. The van der Waals surface area contributed by atoms with Crippen LogP contribution in [-0.2, 0) is 16.6 Å². The van der Waals surface area contributed by atoms with Crippen LogP contribution in [0.4, 0.5) is 5.00 Å². The Morgan fingerprint density at radius 3 is 2.72 bits per heavy atom. The molecule has 154 valence electrons. The molecule has 1 amide bonds. The lowest BCUT2D eigenvalue weighted by atomic mass is 10.1. The summed E-state index contributed by atoms with van der Waals surface area (Å²) < 4.78 is 12.3. The third-order valence-electron chi connectivity index (χ3n) is 4.38. The Balaban J connectivity index is 1.69. The Morgan fingerprint density at radius 2 is 2.07 bits per heavy atom. The van der Waals surface area contributed by atoms with Gasteiger partial charge in [0.25, 0.3) is 0 Å². The molecule has 1 N–H and O–H groups in total. The summed E-state index contributed by atoms with van der Waals surface area (Å²) in [5.41, 5.74) is 2.11. The molecule has 0 saturated heterocycles. The molecule has 3 aromatic rings. The van der Waals surface area contributed by atoms with Crippen LogP contribution in [0.3, 0.4) is 0 Å². The molecule has 0 aliphatic rings. The number of carbonyl (C=O) groups is 2. The number of furan rings is 1. The van der Waals surface area contributed by atoms with Gasteiger partial charge in [0.15, 0.2) is 11.0 Å². The predicted octanol–water partition coefficient (Wildman–Crippen LogP) is 3.97. The van der Waals surface area contributed by atoms with Crippen molar-refractivity contribution in [1.82, 2.24) is 14.8 Å². The fourth-order valence-electron chi connectivity index (χ4n) is 2.75. The Bertz CT molecular complexity index is 1050. The Hall–Kier alpha value is -2.59. The quantitative estimate of drug-likeness (QED) is 0.444. The molecular formula is C19H22N4O4S2. The second kappa shape index (κ2) is 8.83. The van der Waals surface area contributed by atoms with Crippen LogP contribution in [0.2, 0.25) is 0 Å². The lowest BCUT2D eigenvalue weighted by Gasteiger charge is -2.07.